The molecule has 1 rings (SSSR count). The van der Waals surface area contributed by atoms with Crippen LogP contribution >= 0.6 is 0 Å². The molecule has 96 valence electrons. The zero-order valence-electron chi connectivity index (χ0n) is 9.75. The maximum Gasteiger partial charge on any atom is 0.248 e. The van der Waals surface area contributed by atoms with Gasteiger partial charge in [-0.3, -0.25) is 4.79 Å². The number of carbonyl (C=O) groups is 1. The van der Waals surface area contributed by atoms with E-state index < -0.39 is 5.91 Å². The molecule has 1 aromatic carbocycles. The number of methoxy groups -OCH3 is 1. The molecule has 0 unspecified atom stereocenters. The Morgan fingerprint density at radius 2 is 1.89 bits per heavy atom. The molecule has 0 aliphatic heterocycles. The van der Waals surface area contributed by atoms with Gasteiger partial charge in [-0.2, -0.15) is 4.99 Å². The summed E-state index contributed by atoms with van der Waals surface area (Å²) in [6.07, 6.45) is 0. The molecule has 8 heteroatoms. The molecule has 0 aromatic heterocycles. The van der Waals surface area contributed by atoms with Crippen molar-refractivity contribution in [1.29, 1.82) is 0 Å². The molecule has 0 atom stereocenters. The Hall–Kier alpha value is -2.77. The van der Waals surface area contributed by atoms with E-state index in [0.717, 1.165) is 0 Å². The van der Waals surface area contributed by atoms with Crippen LogP contribution in [0.5, 0.6) is 5.75 Å². The molecular weight excluding hydrogens is 236 g/mol. The van der Waals surface area contributed by atoms with E-state index in [2.05, 4.69) is 9.98 Å². The van der Waals surface area contributed by atoms with Crippen LogP contribution in [-0.2, 0) is 0 Å². The third-order valence-corrected chi connectivity index (χ3v) is 1.94. The van der Waals surface area contributed by atoms with E-state index in [1.807, 2.05) is 0 Å². The lowest BCUT2D eigenvalue weighted by Crippen LogP contribution is -2.26. The lowest BCUT2D eigenvalue weighted by atomic mass is 10.2. The van der Waals surface area contributed by atoms with E-state index in [0.29, 0.717) is 11.4 Å². The number of ether oxygens (including phenoxy) is 1. The fourth-order valence-corrected chi connectivity index (χ4v) is 1.21. The van der Waals surface area contributed by atoms with Crippen molar-refractivity contribution in [1.82, 2.24) is 0 Å². The molecule has 0 aliphatic rings. The number of primary amides is 1. The summed E-state index contributed by atoms with van der Waals surface area (Å²) in [7, 11) is 1.45. The number of benzene rings is 1. The van der Waals surface area contributed by atoms with Gasteiger partial charge in [0.2, 0.25) is 11.9 Å². The molecule has 8 N–H and O–H groups in total. The highest BCUT2D eigenvalue weighted by atomic mass is 16.5. The van der Waals surface area contributed by atoms with Crippen LogP contribution in [0.3, 0.4) is 0 Å². The standard InChI is InChI=1S/C10H14N6O2/c1-18-7-3-2-5(8(11)17)4-6(7)15-10(14)16-9(12)13/h2-4H,1H3,(H2,11,17)(H6,12,13,14,15,16). The summed E-state index contributed by atoms with van der Waals surface area (Å²) in [6.45, 7) is 0. The zero-order chi connectivity index (χ0) is 13.7. The zero-order valence-corrected chi connectivity index (χ0v) is 9.75. The number of guanidine groups is 2. The Kier molecular flexibility index (Phi) is 4.08. The van der Waals surface area contributed by atoms with E-state index in [4.69, 9.17) is 27.7 Å². The molecule has 0 fully saturated rings. The van der Waals surface area contributed by atoms with Crippen LogP contribution in [0, 0.1) is 0 Å². The van der Waals surface area contributed by atoms with E-state index in [1.54, 1.807) is 6.07 Å². The van der Waals surface area contributed by atoms with Crippen molar-refractivity contribution in [2.45, 2.75) is 0 Å². The monoisotopic (exact) mass is 250 g/mol. The summed E-state index contributed by atoms with van der Waals surface area (Å²) < 4.78 is 5.06. The van der Waals surface area contributed by atoms with Crippen LogP contribution < -0.4 is 27.7 Å². The minimum atomic E-state index is -0.588. The number of nitrogens with two attached hydrogens (primary N) is 4. The topological polar surface area (TPSA) is 155 Å². The fourth-order valence-electron chi connectivity index (χ4n) is 1.21. The number of hydrogen-bond acceptors (Lipinski definition) is 3. The predicted molar refractivity (Wildman–Crippen MR) is 68.6 cm³/mol. The number of aliphatic imine (C=N–C) groups is 2. The quantitative estimate of drug-likeness (QED) is 0.400. The van der Waals surface area contributed by atoms with Crippen LogP contribution in [0.1, 0.15) is 10.4 Å². The molecular formula is C10H14N6O2. The van der Waals surface area contributed by atoms with Gasteiger partial charge in [-0.25, -0.2) is 4.99 Å². The first-order valence-corrected chi connectivity index (χ1v) is 4.85. The molecule has 18 heavy (non-hydrogen) atoms. The summed E-state index contributed by atoms with van der Waals surface area (Å²) in [5, 5.41) is 0. The van der Waals surface area contributed by atoms with Crippen molar-refractivity contribution in [2.24, 2.45) is 32.9 Å². The second-order valence-electron chi connectivity index (χ2n) is 3.26. The molecule has 1 amide bonds. The van der Waals surface area contributed by atoms with Crippen LogP contribution in [-0.4, -0.2) is 24.9 Å². The molecule has 0 heterocycles. The Balaban J connectivity index is 3.24. The van der Waals surface area contributed by atoms with E-state index >= 15 is 0 Å². The molecule has 1 aromatic rings. The smallest absolute Gasteiger partial charge is 0.248 e. The molecule has 8 nitrogen and oxygen atoms in total. The minimum Gasteiger partial charge on any atom is -0.494 e. The summed E-state index contributed by atoms with van der Waals surface area (Å²) in [4.78, 5) is 18.5. The van der Waals surface area contributed by atoms with Gasteiger partial charge in [0, 0.05) is 5.56 Å². The van der Waals surface area contributed by atoms with Crippen molar-refractivity contribution in [3.63, 3.8) is 0 Å². The normalized spacial score (nSPS) is 10.8. The highest BCUT2D eigenvalue weighted by Crippen LogP contribution is 2.28. The van der Waals surface area contributed by atoms with Crippen molar-refractivity contribution in [2.75, 3.05) is 7.11 Å². The SMILES string of the molecule is COc1ccc(C(N)=O)cc1N=C(N)N=C(N)N. The van der Waals surface area contributed by atoms with Gasteiger partial charge in [-0.05, 0) is 18.2 Å². The molecule has 0 radical (unpaired) electrons. The third-order valence-electron chi connectivity index (χ3n) is 1.94. The van der Waals surface area contributed by atoms with Crippen LogP contribution in [0.25, 0.3) is 0 Å². The second kappa shape index (κ2) is 5.53. The van der Waals surface area contributed by atoms with Crippen molar-refractivity contribution >= 4 is 23.5 Å². The minimum absolute atomic E-state index is 0.157. The number of rotatable bonds is 3. The summed E-state index contributed by atoms with van der Waals surface area (Å²) in [5.41, 5.74) is 21.5. The average Bonchev–Trinajstić information content (AvgIpc) is 2.27. The van der Waals surface area contributed by atoms with Gasteiger partial charge in [-0.15, -0.1) is 0 Å². The Morgan fingerprint density at radius 3 is 2.39 bits per heavy atom. The summed E-state index contributed by atoms with van der Waals surface area (Å²) in [6, 6.07) is 4.48. The summed E-state index contributed by atoms with van der Waals surface area (Å²) in [5.74, 6) is -0.556. The number of carbonyl (C=O) groups excluding carboxylic acids is 1. The van der Waals surface area contributed by atoms with Gasteiger partial charge in [0.15, 0.2) is 5.96 Å². The second-order valence-corrected chi connectivity index (χ2v) is 3.26. The third kappa shape index (κ3) is 3.37. The Bertz CT molecular complexity index is 519. The van der Waals surface area contributed by atoms with Gasteiger partial charge in [-0.1, -0.05) is 0 Å². The molecule has 0 saturated carbocycles. The lowest BCUT2D eigenvalue weighted by molar-refractivity contribution is 0.100. The highest BCUT2D eigenvalue weighted by molar-refractivity contribution is 5.96. The first kappa shape index (κ1) is 13.3. The highest BCUT2D eigenvalue weighted by Gasteiger charge is 2.07. The Labute approximate surface area is 103 Å². The van der Waals surface area contributed by atoms with Crippen LogP contribution in [0.2, 0.25) is 0 Å². The average molecular weight is 250 g/mol. The van der Waals surface area contributed by atoms with Crippen molar-refractivity contribution in [3.05, 3.63) is 23.8 Å². The molecule has 0 aliphatic carbocycles. The number of hydrogen-bond donors (Lipinski definition) is 4. The first-order valence-electron chi connectivity index (χ1n) is 4.85. The van der Waals surface area contributed by atoms with Gasteiger partial charge in [0.25, 0.3) is 0 Å². The van der Waals surface area contributed by atoms with E-state index in [9.17, 15) is 4.79 Å². The Morgan fingerprint density at radius 1 is 1.22 bits per heavy atom. The van der Waals surface area contributed by atoms with Gasteiger partial charge >= 0.3 is 0 Å². The number of amides is 1. The van der Waals surface area contributed by atoms with E-state index in [-0.39, 0.29) is 17.5 Å². The summed E-state index contributed by atoms with van der Waals surface area (Å²) >= 11 is 0. The maximum absolute atomic E-state index is 11.1. The fraction of sp³-hybridized carbons (Fsp3) is 0.100. The first-order chi connectivity index (χ1) is 8.43. The van der Waals surface area contributed by atoms with Crippen LogP contribution in [0.15, 0.2) is 28.2 Å². The molecule has 0 spiro atoms. The molecule has 0 saturated heterocycles. The largest absolute Gasteiger partial charge is 0.494 e. The van der Waals surface area contributed by atoms with Crippen LogP contribution in [0.4, 0.5) is 5.69 Å². The van der Waals surface area contributed by atoms with E-state index in [1.165, 1.54) is 19.2 Å². The predicted octanol–water partition coefficient (Wildman–Crippen LogP) is -0.986. The lowest BCUT2D eigenvalue weighted by Gasteiger charge is -2.05. The number of nitrogens with zero attached hydrogens (tertiary/aromatic N) is 2. The maximum atomic E-state index is 11.1. The van der Waals surface area contributed by atoms with Gasteiger partial charge < -0.3 is 27.7 Å². The van der Waals surface area contributed by atoms with Crippen molar-refractivity contribution < 1.29 is 9.53 Å². The molecule has 0 bridgehead atoms. The van der Waals surface area contributed by atoms with Gasteiger partial charge in [0.1, 0.15) is 11.4 Å². The van der Waals surface area contributed by atoms with Gasteiger partial charge in [0.05, 0.1) is 7.11 Å². The van der Waals surface area contributed by atoms with Crippen molar-refractivity contribution in [3.8, 4) is 5.75 Å².